The van der Waals surface area contributed by atoms with Gasteiger partial charge in [-0.05, 0) is 64.5 Å². The summed E-state index contributed by atoms with van der Waals surface area (Å²) < 4.78 is 8.01. The summed E-state index contributed by atoms with van der Waals surface area (Å²) in [5.74, 6) is 0.785. The number of hydrogen-bond acceptors (Lipinski definition) is 2. The van der Waals surface area contributed by atoms with E-state index in [9.17, 15) is 0 Å². The average molecular weight is 374 g/mol. The lowest BCUT2D eigenvalue weighted by molar-refractivity contribution is 0.303. The Balaban J connectivity index is 1.81. The second-order valence-corrected chi connectivity index (χ2v) is 8.37. The number of aromatic nitrogens is 2. The Bertz CT molecular complexity index is 1110. The first kappa shape index (κ1) is 18.4. The predicted octanol–water partition coefficient (Wildman–Crippen LogP) is 5.72. The summed E-state index contributed by atoms with van der Waals surface area (Å²) >= 11 is 0. The minimum absolute atomic E-state index is 0.00991. The first-order chi connectivity index (χ1) is 13.3. The van der Waals surface area contributed by atoms with Crippen molar-refractivity contribution in [3.8, 4) is 0 Å². The number of para-hydroxylation sites is 1. The molecule has 1 aliphatic heterocycles. The van der Waals surface area contributed by atoms with Crippen LogP contribution in [0.1, 0.15) is 43.4 Å². The molecule has 4 heteroatoms. The highest BCUT2D eigenvalue weighted by Crippen LogP contribution is 2.31. The van der Waals surface area contributed by atoms with E-state index in [0.717, 1.165) is 28.4 Å². The van der Waals surface area contributed by atoms with Crippen molar-refractivity contribution in [2.45, 2.75) is 40.2 Å². The number of aliphatic imine (C=N–C) groups is 1. The number of methoxy groups -OCH3 is 1. The molecule has 0 aliphatic carbocycles. The Morgan fingerprint density at radius 1 is 1.11 bits per heavy atom. The van der Waals surface area contributed by atoms with E-state index in [4.69, 9.17) is 9.73 Å². The average Bonchev–Trinajstić information content (AvgIpc) is 3.29. The molecule has 0 saturated carbocycles. The highest BCUT2D eigenvalue weighted by atomic mass is 16.5. The molecular formula is C24H27N3O. The summed E-state index contributed by atoms with van der Waals surface area (Å²) in [7, 11) is 1.70. The lowest BCUT2D eigenvalue weighted by Crippen LogP contribution is -2.24. The first-order valence-corrected chi connectivity index (χ1v) is 9.62. The zero-order valence-corrected chi connectivity index (χ0v) is 17.4. The number of nitrogens with zero attached hydrogens (tertiary/aromatic N) is 2. The number of hydrogen-bond donors (Lipinski definition) is 1. The van der Waals surface area contributed by atoms with Crippen molar-refractivity contribution in [2.75, 3.05) is 7.11 Å². The molecule has 1 aliphatic rings. The fourth-order valence-corrected chi connectivity index (χ4v) is 4.05. The van der Waals surface area contributed by atoms with Crippen LogP contribution < -0.4 is 0 Å². The Morgan fingerprint density at radius 3 is 2.54 bits per heavy atom. The van der Waals surface area contributed by atoms with Gasteiger partial charge in [-0.15, -0.1) is 0 Å². The molecule has 3 aromatic rings. The van der Waals surface area contributed by atoms with Gasteiger partial charge in [0.15, 0.2) is 0 Å². The lowest BCUT2D eigenvalue weighted by atomic mass is 10.1. The minimum Gasteiger partial charge on any atom is -0.494 e. The van der Waals surface area contributed by atoms with E-state index >= 15 is 0 Å². The van der Waals surface area contributed by atoms with Gasteiger partial charge in [0.05, 0.1) is 18.5 Å². The van der Waals surface area contributed by atoms with Gasteiger partial charge in [-0.25, -0.2) is 4.99 Å². The highest BCUT2D eigenvalue weighted by Gasteiger charge is 2.23. The van der Waals surface area contributed by atoms with Gasteiger partial charge >= 0.3 is 0 Å². The SMILES string of the molecule is COC1=CC(c2cc3ccccc3[nH]2)=N/C1=C\c1c(C)cc(C)n1C(C)(C)C. The van der Waals surface area contributed by atoms with Crippen LogP contribution in [-0.2, 0) is 10.3 Å². The molecule has 0 unspecified atom stereocenters. The molecule has 4 rings (SSSR count). The standard InChI is InChI=1S/C24H27N3O/c1-15-11-16(2)27(24(3,4)5)22(15)13-21-23(28-6)14-20(26-21)19-12-17-9-7-8-10-18(17)25-19/h7-14,25H,1-6H3/b21-13-. The zero-order valence-electron chi connectivity index (χ0n) is 17.4. The summed E-state index contributed by atoms with van der Waals surface area (Å²) in [5.41, 5.74) is 7.50. The van der Waals surface area contributed by atoms with E-state index in [0.29, 0.717) is 0 Å². The van der Waals surface area contributed by atoms with Gasteiger partial charge in [0, 0.05) is 33.9 Å². The fourth-order valence-electron chi connectivity index (χ4n) is 4.05. The normalized spacial score (nSPS) is 16.0. The van der Waals surface area contributed by atoms with Crippen molar-refractivity contribution < 1.29 is 4.74 Å². The number of fused-ring (bicyclic) bond motifs is 1. The van der Waals surface area contributed by atoms with Crippen LogP contribution in [-0.4, -0.2) is 22.4 Å². The molecule has 0 spiro atoms. The molecule has 0 fully saturated rings. The molecule has 0 radical (unpaired) electrons. The maximum Gasteiger partial charge on any atom is 0.146 e. The van der Waals surface area contributed by atoms with E-state index in [-0.39, 0.29) is 5.54 Å². The van der Waals surface area contributed by atoms with E-state index < -0.39 is 0 Å². The second-order valence-electron chi connectivity index (χ2n) is 8.37. The quantitative estimate of drug-likeness (QED) is 0.627. The Labute approximate surface area is 166 Å². The number of allylic oxidation sites excluding steroid dienone is 1. The van der Waals surface area contributed by atoms with Gasteiger partial charge in [0.2, 0.25) is 0 Å². The summed E-state index contributed by atoms with van der Waals surface area (Å²) in [6.45, 7) is 11.0. The monoisotopic (exact) mass is 373 g/mol. The van der Waals surface area contributed by atoms with Gasteiger partial charge in [0.1, 0.15) is 11.5 Å². The molecule has 1 N–H and O–H groups in total. The number of aryl methyl sites for hydroxylation is 2. The van der Waals surface area contributed by atoms with E-state index in [2.05, 4.69) is 74.5 Å². The zero-order chi connectivity index (χ0) is 20.1. The van der Waals surface area contributed by atoms with Crippen molar-refractivity contribution >= 4 is 22.7 Å². The third-order valence-electron chi connectivity index (χ3n) is 5.15. The topological polar surface area (TPSA) is 42.3 Å². The molecule has 0 saturated heterocycles. The summed E-state index contributed by atoms with van der Waals surface area (Å²) in [6.07, 6.45) is 4.14. The largest absolute Gasteiger partial charge is 0.494 e. The number of rotatable bonds is 3. The van der Waals surface area contributed by atoms with Crippen molar-refractivity contribution in [3.05, 3.63) is 76.6 Å². The van der Waals surface area contributed by atoms with Gasteiger partial charge in [-0.2, -0.15) is 0 Å². The Morgan fingerprint density at radius 2 is 1.86 bits per heavy atom. The second kappa shape index (κ2) is 6.55. The van der Waals surface area contributed by atoms with Crippen LogP contribution in [0.3, 0.4) is 0 Å². The van der Waals surface area contributed by atoms with Crippen LogP contribution in [0.5, 0.6) is 0 Å². The molecule has 0 amide bonds. The van der Waals surface area contributed by atoms with Crippen LogP contribution >= 0.6 is 0 Å². The number of ether oxygens (including phenoxy) is 1. The molecule has 144 valence electrons. The summed E-state index contributed by atoms with van der Waals surface area (Å²) in [5, 5.41) is 1.18. The van der Waals surface area contributed by atoms with Crippen LogP contribution in [0.15, 0.2) is 58.9 Å². The van der Waals surface area contributed by atoms with Gasteiger partial charge < -0.3 is 14.3 Å². The van der Waals surface area contributed by atoms with E-state index in [1.54, 1.807) is 7.11 Å². The summed E-state index contributed by atoms with van der Waals surface area (Å²) in [6, 6.07) is 12.6. The molecule has 0 atom stereocenters. The minimum atomic E-state index is -0.00991. The first-order valence-electron chi connectivity index (χ1n) is 9.62. The lowest BCUT2D eigenvalue weighted by Gasteiger charge is -2.26. The van der Waals surface area contributed by atoms with Crippen molar-refractivity contribution in [2.24, 2.45) is 4.99 Å². The number of nitrogens with one attached hydrogen (secondary N) is 1. The Kier molecular flexibility index (Phi) is 4.30. The molecule has 1 aromatic carbocycles. The van der Waals surface area contributed by atoms with Gasteiger partial charge in [0.25, 0.3) is 0 Å². The number of H-pyrrole nitrogens is 1. The van der Waals surface area contributed by atoms with E-state index in [1.165, 1.54) is 22.3 Å². The maximum atomic E-state index is 5.65. The van der Waals surface area contributed by atoms with Crippen LogP contribution in [0.25, 0.3) is 17.0 Å². The third-order valence-corrected chi connectivity index (χ3v) is 5.15. The van der Waals surface area contributed by atoms with Crippen LogP contribution in [0, 0.1) is 13.8 Å². The summed E-state index contributed by atoms with van der Waals surface area (Å²) in [4.78, 5) is 8.34. The Hall–Kier alpha value is -3.01. The van der Waals surface area contributed by atoms with Crippen molar-refractivity contribution in [1.82, 2.24) is 9.55 Å². The maximum absolute atomic E-state index is 5.65. The van der Waals surface area contributed by atoms with Crippen LogP contribution in [0.4, 0.5) is 0 Å². The molecule has 0 bridgehead atoms. The molecule has 3 heterocycles. The van der Waals surface area contributed by atoms with Gasteiger partial charge in [-0.3, -0.25) is 0 Å². The molecule has 28 heavy (non-hydrogen) atoms. The fraction of sp³-hybridized carbons (Fsp3) is 0.292. The molecule has 2 aromatic heterocycles. The van der Waals surface area contributed by atoms with Crippen molar-refractivity contribution in [1.29, 1.82) is 0 Å². The van der Waals surface area contributed by atoms with E-state index in [1.807, 2.05) is 18.2 Å². The smallest absolute Gasteiger partial charge is 0.146 e. The highest BCUT2D eigenvalue weighted by molar-refractivity contribution is 6.13. The van der Waals surface area contributed by atoms with Crippen LogP contribution in [0.2, 0.25) is 0 Å². The predicted molar refractivity (Wildman–Crippen MR) is 117 cm³/mol. The number of benzene rings is 1. The third kappa shape index (κ3) is 3.09. The van der Waals surface area contributed by atoms with Crippen molar-refractivity contribution in [3.63, 3.8) is 0 Å². The molecule has 4 nitrogen and oxygen atoms in total. The molecular weight excluding hydrogens is 346 g/mol. The number of aromatic amines is 1. The van der Waals surface area contributed by atoms with Gasteiger partial charge in [-0.1, -0.05) is 18.2 Å².